The molecule has 0 atom stereocenters. The Balaban J connectivity index is 2.93. The number of aryl methyl sites for hydroxylation is 1. The molecule has 0 aliphatic heterocycles. The maximum absolute atomic E-state index is 11.5. The zero-order chi connectivity index (χ0) is 15.0. The monoisotopic (exact) mass is 277 g/mol. The van der Waals surface area contributed by atoms with Crippen LogP contribution in [-0.4, -0.2) is 44.9 Å². The molecule has 0 aliphatic carbocycles. The second-order valence-electron chi connectivity index (χ2n) is 4.18. The zero-order valence-corrected chi connectivity index (χ0v) is 12.0. The first kappa shape index (κ1) is 15.9. The third-order valence-corrected chi connectivity index (χ3v) is 2.86. The molecule has 0 unspecified atom stereocenters. The fraction of sp³-hybridized carbons (Fsp3) is 0.500. The number of carbonyl (C=O) groups excluding carboxylic acids is 1. The van der Waals surface area contributed by atoms with E-state index in [0.717, 1.165) is 5.82 Å². The number of nitriles is 1. The predicted molar refractivity (Wildman–Crippen MR) is 74.6 cm³/mol. The molecule has 0 saturated carbocycles. The molecule has 0 spiro atoms. The van der Waals surface area contributed by atoms with Gasteiger partial charge >= 0.3 is 5.97 Å². The van der Waals surface area contributed by atoms with E-state index in [9.17, 15) is 4.79 Å². The van der Waals surface area contributed by atoms with Gasteiger partial charge in [0.1, 0.15) is 5.82 Å². The maximum Gasteiger partial charge on any atom is 0.339 e. The first-order valence-corrected chi connectivity index (χ1v) is 6.30. The highest BCUT2D eigenvalue weighted by Crippen LogP contribution is 2.16. The molecule has 1 aromatic heterocycles. The Kier molecular flexibility index (Phi) is 6.47. The average Bonchev–Trinajstić information content (AvgIpc) is 2.46. The normalized spacial score (nSPS) is 9.90. The van der Waals surface area contributed by atoms with Gasteiger partial charge in [-0.3, -0.25) is 0 Å². The molecule has 6 heteroatoms. The molecule has 1 rings (SSSR count). The van der Waals surface area contributed by atoms with Crippen LogP contribution in [0.3, 0.4) is 0 Å². The van der Waals surface area contributed by atoms with Crippen molar-refractivity contribution < 1.29 is 14.3 Å². The Bertz CT molecular complexity index is 497. The van der Waals surface area contributed by atoms with Gasteiger partial charge in [-0.15, -0.1) is 0 Å². The average molecular weight is 277 g/mol. The third kappa shape index (κ3) is 4.21. The number of rotatable bonds is 7. The minimum absolute atomic E-state index is 0.401. The van der Waals surface area contributed by atoms with Crippen molar-refractivity contribution in [2.24, 2.45) is 0 Å². The summed E-state index contributed by atoms with van der Waals surface area (Å²) in [5.41, 5.74) is 1.05. The minimum atomic E-state index is -0.401. The van der Waals surface area contributed by atoms with E-state index in [1.165, 1.54) is 7.11 Å². The molecule has 108 valence electrons. The molecule has 0 bridgehead atoms. The molecule has 0 fully saturated rings. The van der Waals surface area contributed by atoms with Crippen molar-refractivity contribution in [2.75, 3.05) is 38.8 Å². The van der Waals surface area contributed by atoms with Gasteiger partial charge in [-0.2, -0.15) is 5.26 Å². The lowest BCUT2D eigenvalue weighted by molar-refractivity contribution is 0.0599. The van der Waals surface area contributed by atoms with Gasteiger partial charge in [0.15, 0.2) is 0 Å². The van der Waals surface area contributed by atoms with Crippen LogP contribution in [-0.2, 0) is 9.47 Å². The van der Waals surface area contributed by atoms with Crippen LogP contribution in [0.2, 0.25) is 0 Å². The summed E-state index contributed by atoms with van der Waals surface area (Å²) in [6.45, 7) is 3.52. The van der Waals surface area contributed by atoms with E-state index in [0.29, 0.717) is 37.4 Å². The van der Waals surface area contributed by atoms with Crippen LogP contribution in [0.4, 0.5) is 5.82 Å². The first-order chi connectivity index (χ1) is 9.63. The van der Waals surface area contributed by atoms with Crippen molar-refractivity contribution >= 4 is 11.8 Å². The summed E-state index contributed by atoms with van der Waals surface area (Å²) in [4.78, 5) is 17.9. The minimum Gasteiger partial charge on any atom is -0.465 e. The number of hydrogen-bond acceptors (Lipinski definition) is 6. The van der Waals surface area contributed by atoms with E-state index >= 15 is 0 Å². The fourth-order valence-corrected chi connectivity index (χ4v) is 1.78. The molecule has 20 heavy (non-hydrogen) atoms. The number of methoxy groups -OCH3 is 2. The lowest BCUT2D eigenvalue weighted by atomic mass is 10.2. The molecular weight excluding hydrogens is 258 g/mol. The SMILES string of the molecule is COCCN(CCC#N)c1ccc(C(=O)OC)c(C)n1. The molecule has 0 aromatic carbocycles. The van der Waals surface area contributed by atoms with E-state index < -0.39 is 5.97 Å². The van der Waals surface area contributed by atoms with Gasteiger partial charge in [0.05, 0.1) is 37.5 Å². The summed E-state index contributed by atoms with van der Waals surface area (Å²) >= 11 is 0. The largest absolute Gasteiger partial charge is 0.465 e. The second-order valence-corrected chi connectivity index (χ2v) is 4.18. The van der Waals surface area contributed by atoms with Gasteiger partial charge in [-0.05, 0) is 19.1 Å². The van der Waals surface area contributed by atoms with E-state index in [2.05, 4.69) is 11.1 Å². The van der Waals surface area contributed by atoms with Gasteiger partial charge in [0, 0.05) is 20.2 Å². The molecule has 6 nitrogen and oxygen atoms in total. The fourth-order valence-electron chi connectivity index (χ4n) is 1.78. The molecule has 1 heterocycles. The number of carbonyl (C=O) groups is 1. The van der Waals surface area contributed by atoms with Crippen LogP contribution in [0.1, 0.15) is 22.5 Å². The van der Waals surface area contributed by atoms with Gasteiger partial charge in [0.25, 0.3) is 0 Å². The van der Waals surface area contributed by atoms with Crippen LogP contribution in [0.15, 0.2) is 12.1 Å². The van der Waals surface area contributed by atoms with Gasteiger partial charge in [-0.1, -0.05) is 0 Å². The van der Waals surface area contributed by atoms with Crippen LogP contribution in [0.5, 0.6) is 0 Å². The highest BCUT2D eigenvalue weighted by Gasteiger charge is 2.13. The smallest absolute Gasteiger partial charge is 0.339 e. The Morgan fingerprint density at radius 3 is 2.70 bits per heavy atom. The molecule has 0 amide bonds. The molecule has 0 N–H and O–H groups in total. The number of hydrogen-bond donors (Lipinski definition) is 0. The van der Waals surface area contributed by atoms with Crippen molar-refractivity contribution in [3.63, 3.8) is 0 Å². The summed E-state index contributed by atoms with van der Waals surface area (Å²) in [5.74, 6) is 0.324. The third-order valence-electron chi connectivity index (χ3n) is 2.86. The summed E-state index contributed by atoms with van der Waals surface area (Å²) in [6, 6.07) is 5.56. The van der Waals surface area contributed by atoms with E-state index in [1.54, 1.807) is 26.2 Å². The van der Waals surface area contributed by atoms with Gasteiger partial charge in [0.2, 0.25) is 0 Å². The molecule has 1 aromatic rings. The number of anilines is 1. The quantitative estimate of drug-likeness (QED) is 0.704. The van der Waals surface area contributed by atoms with Gasteiger partial charge < -0.3 is 14.4 Å². The van der Waals surface area contributed by atoms with Crippen LogP contribution >= 0.6 is 0 Å². The molecule has 0 saturated heterocycles. The van der Waals surface area contributed by atoms with Gasteiger partial charge in [-0.25, -0.2) is 9.78 Å². The van der Waals surface area contributed by atoms with E-state index in [4.69, 9.17) is 14.7 Å². The number of pyridine rings is 1. The number of aromatic nitrogens is 1. The van der Waals surface area contributed by atoms with E-state index in [1.807, 2.05) is 4.90 Å². The van der Waals surface area contributed by atoms with Crippen LogP contribution in [0.25, 0.3) is 0 Å². The second kappa shape index (κ2) is 8.12. The Hall–Kier alpha value is -2.13. The Morgan fingerprint density at radius 2 is 2.15 bits per heavy atom. The lowest BCUT2D eigenvalue weighted by Gasteiger charge is -2.23. The highest BCUT2D eigenvalue weighted by molar-refractivity contribution is 5.90. The zero-order valence-electron chi connectivity index (χ0n) is 12.0. The van der Waals surface area contributed by atoms with Crippen molar-refractivity contribution in [1.82, 2.24) is 4.98 Å². The molecule has 0 aliphatic rings. The van der Waals surface area contributed by atoms with Crippen molar-refractivity contribution in [2.45, 2.75) is 13.3 Å². The van der Waals surface area contributed by atoms with Crippen molar-refractivity contribution in [3.05, 3.63) is 23.4 Å². The topological polar surface area (TPSA) is 75.5 Å². The maximum atomic E-state index is 11.5. The summed E-state index contributed by atoms with van der Waals surface area (Å²) in [7, 11) is 2.97. The molecule has 0 radical (unpaired) electrons. The van der Waals surface area contributed by atoms with Crippen LogP contribution < -0.4 is 4.90 Å². The molecular formula is C14H19N3O3. The van der Waals surface area contributed by atoms with Crippen molar-refractivity contribution in [1.29, 1.82) is 5.26 Å². The van der Waals surface area contributed by atoms with E-state index in [-0.39, 0.29) is 0 Å². The number of esters is 1. The summed E-state index contributed by atoms with van der Waals surface area (Å²) in [5, 5.41) is 8.70. The lowest BCUT2D eigenvalue weighted by Crippen LogP contribution is -2.29. The van der Waals surface area contributed by atoms with Crippen LogP contribution in [0, 0.1) is 18.3 Å². The highest BCUT2D eigenvalue weighted by atomic mass is 16.5. The Morgan fingerprint density at radius 1 is 1.40 bits per heavy atom. The predicted octanol–water partition coefficient (Wildman–Crippen LogP) is 1.54. The Labute approximate surface area is 118 Å². The summed E-state index contributed by atoms with van der Waals surface area (Å²) < 4.78 is 9.75. The number of ether oxygens (including phenoxy) is 2. The first-order valence-electron chi connectivity index (χ1n) is 6.30. The standard InChI is InChI=1S/C14H19N3O3/c1-11-12(14(18)20-3)5-6-13(16-11)17(8-4-7-15)9-10-19-2/h5-6H,4,8-10H2,1-3H3. The summed E-state index contributed by atoms with van der Waals surface area (Å²) in [6.07, 6.45) is 0.406. The van der Waals surface area contributed by atoms with Crippen molar-refractivity contribution in [3.8, 4) is 6.07 Å². The number of nitrogens with zero attached hydrogens (tertiary/aromatic N) is 3.